The van der Waals surface area contributed by atoms with Crippen LogP contribution < -0.4 is 15.0 Å². The van der Waals surface area contributed by atoms with Gasteiger partial charge in [-0.2, -0.15) is 9.97 Å². The molecule has 8 heteroatoms. The molecule has 2 amide bonds. The second-order valence-corrected chi connectivity index (χ2v) is 7.81. The van der Waals surface area contributed by atoms with Crippen molar-refractivity contribution < 1.29 is 18.7 Å². The van der Waals surface area contributed by atoms with Gasteiger partial charge in [-0.05, 0) is 45.0 Å². The van der Waals surface area contributed by atoms with Gasteiger partial charge in [0, 0.05) is 18.7 Å². The van der Waals surface area contributed by atoms with E-state index in [2.05, 4.69) is 15.3 Å². The molecule has 1 saturated heterocycles. The van der Waals surface area contributed by atoms with E-state index in [1.54, 1.807) is 30.9 Å². The van der Waals surface area contributed by atoms with Crippen molar-refractivity contribution in [2.24, 2.45) is 5.92 Å². The van der Waals surface area contributed by atoms with Crippen molar-refractivity contribution in [1.29, 1.82) is 0 Å². The Morgan fingerprint density at radius 1 is 1.06 bits per heavy atom. The molecular weight excluding hydrogens is 411 g/mol. The predicted octanol–water partition coefficient (Wildman–Crippen LogP) is 4.32. The van der Waals surface area contributed by atoms with Crippen LogP contribution in [0.25, 0.3) is 0 Å². The van der Waals surface area contributed by atoms with E-state index in [9.17, 15) is 14.0 Å². The van der Waals surface area contributed by atoms with E-state index < -0.39 is 11.7 Å². The Labute approximate surface area is 185 Å². The van der Waals surface area contributed by atoms with E-state index in [-0.39, 0.29) is 30.0 Å². The molecule has 3 aromatic rings. The van der Waals surface area contributed by atoms with Crippen LogP contribution in [0, 0.1) is 32.5 Å². The first-order chi connectivity index (χ1) is 15.3. The summed E-state index contributed by atoms with van der Waals surface area (Å²) >= 11 is 0. The topological polar surface area (TPSA) is 84.4 Å². The van der Waals surface area contributed by atoms with E-state index >= 15 is 0 Å². The number of nitrogens with zero attached hydrogens (tertiary/aromatic N) is 3. The van der Waals surface area contributed by atoms with E-state index in [4.69, 9.17) is 4.74 Å². The normalized spacial score (nSPS) is 15.7. The van der Waals surface area contributed by atoms with E-state index in [1.165, 1.54) is 12.1 Å². The number of aromatic nitrogens is 2. The summed E-state index contributed by atoms with van der Waals surface area (Å²) < 4.78 is 19.3. The minimum atomic E-state index is -0.521. The number of ether oxygens (including phenoxy) is 1. The number of nitrogens with one attached hydrogen (secondary N) is 1. The second-order valence-electron chi connectivity index (χ2n) is 7.81. The zero-order valence-electron chi connectivity index (χ0n) is 18.1. The van der Waals surface area contributed by atoms with Crippen LogP contribution in [0.2, 0.25) is 0 Å². The number of carbonyl (C=O) groups excluding carboxylic acids is 2. The first-order valence-electron chi connectivity index (χ1n) is 10.3. The Morgan fingerprint density at radius 2 is 1.72 bits per heavy atom. The molecule has 1 aliphatic rings. The maximum absolute atomic E-state index is 13.8. The Kier molecular flexibility index (Phi) is 5.85. The van der Waals surface area contributed by atoms with E-state index in [1.807, 2.05) is 31.2 Å². The van der Waals surface area contributed by atoms with Crippen LogP contribution in [0.1, 0.15) is 23.4 Å². The number of halogens is 1. The number of para-hydroxylation sites is 1. The molecule has 4 rings (SSSR count). The fraction of sp³-hybridized carbons (Fsp3) is 0.250. The lowest BCUT2D eigenvalue weighted by Gasteiger charge is -2.17. The summed E-state index contributed by atoms with van der Waals surface area (Å²) in [5.74, 6) is -1.36. The first-order valence-corrected chi connectivity index (χ1v) is 10.3. The molecule has 0 spiro atoms. The predicted molar refractivity (Wildman–Crippen MR) is 118 cm³/mol. The molecule has 0 radical (unpaired) electrons. The molecule has 7 nitrogen and oxygen atoms in total. The van der Waals surface area contributed by atoms with Crippen molar-refractivity contribution in [2.45, 2.75) is 27.2 Å². The van der Waals surface area contributed by atoms with Gasteiger partial charge in [-0.25, -0.2) is 4.39 Å². The van der Waals surface area contributed by atoms with Crippen LogP contribution in [0.3, 0.4) is 0 Å². The largest absolute Gasteiger partial charge is 0.421 e. The molecule has 1 N–H and O–H groups in total. The molecule has 1 unspecified atom stereocenters. The third kappa shape index (κ3) is 4.44. The zero-order chi connectivity index (χ0) is 22.8. The van der Waals surface area contributed by atoms with Gasteiger partial charge in [-0.1, -0.05) is 29.8 Å². The van der Waals surface area contributed by atoms with Crippen molar-refractivity contribution >= 4 is 23.2 Å². The standard InChI is InChI=1S/C24H23FN4O3/c1-14-8-10-18(11-9-14)29-13-17(12-21(29)30)23(31)28-22-15(2)26-24(27-16(22)3)32-20-7-5-4-6-19(20)25/h4-11,17H,12-13H2,1-3H3,(H,28,31). The summed E-state index contributed by atoms with van der Waals surface area (Å²) in [5.41, 5.74) is 3.30. The van der Waals surface area contributed by atoms with Gasteiger partial charge in [0.25, 0.3) is 0 Å². The maximum Gasteiger partial charge on any atom is 0.322 e. The minimum absolute atomic E-state index is 0.00955. The van der Waals surface area contributed by atoms with Crippen molar-refractivity contribution in [3.8, 4) is 11.8 Å². The van der Waals surface area contributed by atoms with Crippen molar-refractivity contribution in [3.05, 3.63) is 71.3 Å². The minimum Gasteiger partial charge on any atom is -0.421 e. The Hall–Kier alpha value is -3.81. The smallest absolute Gasteiger partial charge is 0.322 e. The molecule has 2 aromatic carbocycles. The Bertz CT molecular complexity index is 1160. The van der Waals surface area contributed by atoms with Crippen LogP contribution in [0.15, 0.2) is 48.5 Å². The molecule has 1 atom stereocenters. The van der Waals surface area contributed by atoms with Crippen molar-refractivity contribution in [2.75, 3.05) is 16.8 Å². The van der Waals surface area contributed by atoms with Gasteiger partial charge in [0.15, 0.2) is 11.6 Å². The van der Waals surface area contributed by atoms with Crippen molar-refractivity contribution in [3.63, 3.8) is 0 Å². The molecule has 164 valence electrons. The zero-order valence-corrected chi connectivity index (χ0v) is 18.1. The van der Waals surface area contributed by atoms with Crippen LogP contribution in [0.5, 0.6) is 11.8 Å². The maximum atomic E-state index is 13.8. The number of carbonyl (C=O) groups is 2. The number of anilines is 2. The summed E-state index contributed by atoms with van der Waals surface area (Å²) in [7, 11) is 0. The highest BCUT2D eigenvalue weighted by Crippen LogP contribution is 2.28. The van der Waals surface area contributed by atoms with E-state index in [0.717, 1.165) is 11.3 Å². The number of rotatable bonds is 5. The third-order valence-electron chi connectivity index (χ3n) is 5.38. The Balaban J connectivity index is 1.47. The quantitative estimate of drug-likeness (QED) is 0.646. The fourth-order valence-electron chi connectivity index (χ4n) is 3.62. The fourth-order valence-corrected chi connectivity index (χ4v) is 3.62. The molecule has 1 aliphatic heterocycles. The average Bonchev–Trinajstić information content (AvgIpc) is 3.14. The lowest BCUT2D eigenvalue weighted by atomic mass is 10.1. The molecule has 1 aromatic heterocycles. The highest BCUT2D eigenvalue weighted by atomic mass is 19.1. The SMILES string of the molecule is Cc1ccc(N2CC(C(=O)Nc3c(C)nc(Oc4ccccc4F)nc3C)CC2=O)cc1. The third-order valence-corrected chi connectivity index (χ3v) is 5.38. The van der Waals surface area contributed by atoms with Gasteiger partial charge in [0.2, 0.25) is 11.8 Å². The highest BCUT2D eigenvalue weighted by Gasteiger charge is 2.35. The monoisotopic (exact) mass is 434 g/mol. The molecule has 0 bridgehead atoms. The van der Waals surface area contributed by atoms with Gasteiger partial charge < -0.3 is 15.0 Å². The number of hydrogen-bond acceptors (Lipinski definition) is 5. The Morgan fingerprint density at radius 3 is 2.38 bits per heavy atom. The first kappa shape index (κ1) is 21.4. The molecular formula is C24H23FN4O3. The molecule has 0 saturated carbocycles. The summed E-state index contributed by atoms with van der Waals surface area (Å²) in [6, 6.07) is 13.6. The van der Waals surface area contributed by atoms with Gasteiger partial charge in [-0.3, -0.25) is 9.59 Å². The van der Waals surface area contributed by atoms with Gasteiger partial charge >= 0.3 is 6.01 Å². The number of hydrogen-bond donors (Lipinski definition) is 1. The summed E-state index contributed by atoms with van der Waals surface area (Å²) in [4.78, 5) is 35.5. The van der Waals surface area contributed by atoms with Crippen LogP contribution in [-0.4, -0.2) is 28.3 Å². The van der Waals surface area contributed by atoms with Gasteiger partial charge in [0.05, 0.1) is 23.0 Å². The number of amides is 2. The lowest BCUT2D eigenvalue weighted by Crippen LogP contribution is -2.28. The second kappa shape index (κ2) is 8.74. The number of aryl methyl sites for hydroxylation is 3. The van der Waals surface area contributed by atoms with Crippen LogP contribution in [-0.2, 0) is 9.59 Å². The molecule has 1 fully saturated rings. The molecule has 32 heavy (non-hydrogen) atoms. The lowest BCUT2D eigenvalue weighted by molar-refractivity contribution is -0.122. The highest BCUT2D eigenvalue weighted by molar-refractivity contribution is 6.03. The average molecular weight is 434 g/mol. The van der Waals surface area contributed by atoms with Gasteiger partial charge in [0.1, 0.15) is 0 Å². The molecule has 2 heterocycles. The summed E-state index contributed by atoms with van der Waals surface area (Å²) in [5, 5.41) is 2.85. The van der Waals surface area contributed by atoms with Gasteiger partial charge in [-0.15, -0.1) is 0 Å². The van der Waals surface area contributed by atoms with Crippen molar-refractivity contribution in [1.82, 2.24) is 9.97 Å². The number of benzene rings is 2. The van der Waals surface area contributed by atoms with Crippen LogP contribution >= 0.6 is 0 Å². The van der Waals surface area contributed by atoms with Crippen LogP contribution in [0.4, 0.5) is 15.8 Å². The van der Waals surface area contributed by atoms with E-state index in [0.29, 0.717) is 23.6 Å². The molecule has 0 aliphatic carbocycles. The summed E-state index contributed by atoms with van der Waals surface area (Å²) in [6.07, 6.45) is 0.132. The summed E-state index contributed by atoms with van der Waals surface area (Å²) in [6.45, 7) is 5.69.